The van der Waals surface area contributed by atoms with E-state index in [0.717, 1.165) is 30.7 Å². The zero-order valence-corrected chi connectivity index (χ0v) is 37.8. The first-order valence-electron chi connectivity index (χ1n) is 27.2. The molecule has 4 aliphatic carbocycles. The first-order valence-corrected chi connectivity index (χ1v) is 27.2. The molecule has 28 aromatic carbocycles. The average Bonchev–Trinajstić information content (AvgIpc) is 4.29. The molecule has 4 heteroatoms. The number of quaternary nitrogens is 1. The predicted molar refractivity (Wildman–Crippen MR) is 300 cm³/mol. The van der Waals surface area contributed by atoms with E-state index in [1.54, 1.807) is 313 Å². The summed E-state index contributed by atoms with van der Waals surface area (Å²) in [5.41, 5.74) is 12.5. The number of likely N-dealkylation sites (N-methyl/N-ethyl adjacent to an activating group) is 1. The van der Waals surface area contributed by atoms with Crippen LogP contribution < -0.4 is 5.73 Å². The van der Waals surface area contributed by atoms with Gasteiger partial charge >= 0.3 is 0 Å². The van der Waals surface area contributed by atoms with Crippen molar-refractivity contribution in [3.05, 3.63) is 22.3 Å². The molecule has 1 fully saturated rings. The molecule has 33 rings (SSSR count). The van der Waals surface area contributed by atoms with Crippen LogP contribution in [0, 0.1) is 0 Å². The second-order valence-electron chi connectivity index (χ2n) is 26.9. The van der Waals surface area contributed by atoms with Gasteiger partial charge in [0.2, 0.25) is 0 Å². The molecule has 2 atom stereocenters. The fraction of sp³-hybridized carbons (Fsp3) is 0.147. The topological polar surface area (TPSA) is 44.5 Å². The summed E-state index contributed by atoms with van der Waals surface area (Å²) in [5.74, 6) is 0. The van der Waals surface area contributed by atoms with Crippen molar-refractivity contribution in [1.29, 1.82) is 0 Å². The Kier molecular flexibility index (Phi) is 2.59. The summed E-state index contributed by atoms with van der Waals surface area (Å²) in [6, 6.07) is 0. The van der Waals surface area contributed by atoms with Crippen LogP contribution in [0.1, 0.15) is 22.3 Å². The van der Waals surface area contributed by atoms with Gasteiger partial charge in [0.15, 0.2) is 0 Å². The second-order valence-corrected chi connectivity index (χ2v) is 26.9. The standard InChI is InChI=1S/C68H19N2O2/c1-70(2-3-71-4-5-72-8-69)6-67-63-56-49-37-29-20-11-9-10-12-15(11)24-31(29)39-40-32(24)30-21(12)23-19-14(10)17-16-13(9)18-22(20)35(37)43-41-27(18)25(16)33-34-26(17)28(19)42-44-36(23)38(30)50-52(40)61(60(63)51(39)49)64-57(50)55(44)59-48(42)46(34)53-45(33)47(41)58(54(43)56)65(67)62(53)66(59)68(64,67)7-70/h2-8,69H2,1H3/q+1. The van der Waals surface area contributed by atoms with Crippen LogP contribution >= 0.6 is 0 Å². The third-order valence-electron chi connectivity index (χ3n) is 26.2. The summed E-state index contributed by atoms with van der Waals surface area (Å²) in [6.45, 7) is 5.35. The zero-order chi connectivity index (χ0) is 43.4. The summed E-state index contributed by atoms with van der Waals surface area (Å²) >= 11 is 0. The van der Waals surface area contributed by atoms with E-state index in [-0.39, 0.29) is 17.6 Å². The molecule has 4 nitrogen and oxygen atoms in total. The molecule has 1 heterocycles. The van der Waals surface area contributed by atoms with Crippen LogP contribution in [0.2, 0.25) is 0 Å². The fourth-order valence-electron chi connectivity index (χ4n) is 26.1. The minimum absolute atomic E-state index is 0.199. The summed E-state index contributed by atoms with van der Waals surface area (Å²) in [7, 11) is 2.67. The fourth-order valence-corrected chi connectivity index (χ4v) is 26.1. The Hall–Kier alpha value is -7.70. The molecule has 0 bridgehead atoms. The smallest absolute Gasteiger partial charge is 0.102 e. The SMILES string of the molecule is C[N+]1(CCOCCOCN)CC23c4c5c6c7c8c9c(c%10c%11c2c2c%12c4c4c%13c5c5c7c7c8c8c%14c9c%10c9c%10c%11c2c2c%11c%12c4c4c%12c%13c5c5c7c7c8c8c%14c9c9c%10c2c2c%11c4c4c%12c5c7c5c8c9c2c45)C63C1. The molecule has 28 aromatic rings. The molecule has 2 unspecified atom stereocenters. The number of rotatable bonds is 7. The van der Waals surface area contributed by atoms with Gasteiger partial charge in [-0.2, -0.15) is 0 Å². The number of benzene rings is 17. The molecular weight excluding hydrogens is 877 g/mol. The van der Waals surface area contributed by atoms with Crippen molar-refractivity contribution in [3.63, 3.8) is 0 Å². The molecule has 2 N–H and O–H groups in total. The van der Waals surface area contributed by atoms with Gasteiger partial charge < -0.3 is 19.7 Å². The quantitative estimate of drug-likeness (QED) is 0.0750. The maximum absolute atomic E-state index is 6.58. The van der Waals surface area contributed by atoms with Crippen molar-refractivity contribution in [2.45, 2.75) is 10.8 Å². The zero-order valence-electron chi connectivity index (χ0n) is 37.8. The van der Waals surface area contributed by atoms with Crippen LogP contribution in [0.15, 0.2) is 0 Å². The normalized spacial score (nSPS) is 24.4. The van der Waals surface area contributed by atoms with Crippen molar-refractivity contribution >= 4 is 291 Å². The van der Waals surface area contributed by atoms with Gasteiger partial charge in [-0.15, -0.1) is 0 Å². The van der Waals surface area contributed by atoms with E-state index >= 15 is 0 Å². The lowest BCUT2D eigenvalue weighted by Gasteiger charge is -2.45. The maximum atomic E-state index is 6.58. The molecule has 0 radical (unpaired) electrons. The van der Waals surface area contributed by atoms with E-state index < -0.39 is 0 Å². The van der Waals surface area contributed by atoms with Crippen LogP contribution in [0.5, 0.6) is 0 Å². The number of hydrogen-bond acceptors (Lipinski definition) is 3. The van der Waals surface area contributed by atoms with Gasteiger partial charge in [-0.05, 0) is 313 Å². The van der Waals surface area contributed by atoms with Crippen LogP contribution in [-0.2, 0) is 20.3 Å². The summed E-state index contributed by atoms with van der Waals surface area (Å²) in [6.07, 6.45) is 0. The third-order valence-corrected chi connectivity index (χ3v) is 26.2. The summed E-state index contributed by atoms with van der Waals surface area (Å²) in [4.78, 5) is 0. The molecule has 0 saturated carbocycles. The molecule has 72 heavy (non-hydrogen) atoms. The molecular formula is C68H19N2O2+. The van der Waals surface area contributed by atoms with E-state index in [2.05, 4.69) is 7.05 Å². The molecule has 0 aromatic heterocycles. The lowest BCUT2D eigenvalue weighted by atomic mass is 9.52. The van der Waals surface area contributed by atoms with Crippen molar-refractivity contribution in [1.82, 2.24) is 0 Å². The predicted octanol–water partition coefficient (Wildman–Crippen LogP) is 15.7. The summed E-state index contributed by atoms with van der Waals surface area (Å²) < 4.78 is 13.2. The van der Waals surface area contributed by atoms with E-state index in [4.69, 9.17) is 15.2 Å². The van der Waals surface area contributed by atoms with Crippen LogP contribution in [0.3, 0.4) is 0 Å². The molecule has 0 amide bonds. The van der Waals surface area contributed by atoms with Gasteiger partial charge in [-0.25, -0.2) is 0 Å². The van der Waals surface area contributed by atoms with Crippen molar-refractivity contribution in [2.75, 3.05) is 53.2 Å². The van der Waals surface area contributed by atoms with Crippen molar-refractivity contribution < 1.29 is 14.0 Å². The first kappa shape index (κ1) is 28.4. The van der Waals surface area contributed by atoms with Crippen LogP contribution in [0.4, 0.5) is 0 Å². The van der Waals surface area contributed by atoms with E-state index in [0.29, 0.717) is 13.2 Å². The second kappa shape index (κ2) is 6.58. The average molecular weight is 896 g/mol. The molecule has 1 saturated heterocycles. The summed E-state index contributed by atoms with van der Waals surface area (Å²) in [5, 5.41) is 90.4. The van der Waals surface area contributed by atoms with Gasteiger partial charge in [0, 0.05) is 0 Å². The number of ether oxygens (including phenoxy) is 2. The van der Waals surface area contributed by atoms with Crippen LogP contribution in [0.25, 0.3) is 291 Å². The highest BCUT2D eigenvalue weighted by Gasteiger charge is 2.77. The molecule has 2 spiro atoms. The lowest BCUT2D eigenvalue weighted by Crippen LogP contribution is -2.49. The highest BCUT2D eigenvalue weighted by atomic mass is 16.5. The van der Waals surface area contributed by atoms with Gasteiger partial charge in [0.25, 0.3) is 0 Å². The monoisotopic (exact) mass is 895 g/mol. The van der Waals surface area contributed by atoms with E-state index in [9.17, 15) is 0 Å². The molecule has 5 aliphatic rings. The Bertz CT molecular complexity index is 6930. The highest BCUT2D eigenvalue weighted by molar-refractivity contribution is 6.82. The van der Waals surface area contributed by atoms with Gasteiger partial charge in [0.05, 0.1) is 57.5 Å². The lowest BCUT2D eigenvalue weighted by molar-refractivity contribution is -0.901. The van der Waals surface area contributed by atoms with Crippen molar-refractivity contribution in [2.24, 2.45) is 5.73 Å². The Labute approximate surface area is 394 Å². The Morgan fingerprint density at radius 2 is 0.444 bits per heavy atom. The Balaban J connectivity index is 1.08. The first-order chi connectivity index (χ1) is 35.7. The molecule has 1 aliphatic heterocycles. The maximum Gasteiger partial charge on any atom is 0.102 e. The Morgan fingerprint density at radius 3 is 0.694 bits per heavy atom. The number of nitrogens with zero attached hydrogens (tertiary/aromatic N) is 1. The van der Waals surface area contributed by atoms with Gasteiger partial charge in [0.1, 0.15) is 6.54 Å². The third kappa shape index (κ3) is 1.57. The number of hydrogen-bond donors (Lipinski definition) is 1. The minimum atomic E-state index is -0.199. The van der Waals surface area contributed by atoms with Gasteiger partial charge in [-0.3, -0.25) is 0 Å². The minimum Gasteiger partial charge on any atom is -0.373 e. The highest BCUT2D eigenvalue weighted by Crippen LogP contribution is 2.85. The van der Waals surface area contributed by atoms with Crippen molar-refractivity contribution in [3.8, 4) is 0 Å². The van der Waals surface area contributed by atoms with E-state index in [1.807, 2.05) is 0 Å². The van der Waals surface area contributed by atoms with Crippen LogP contribution in [-0.4, -0.2) is 57.7 Å². The Morgan fingerprint density at radius 1 is 0.264 bits per heavy atom. The van der Waals surface area contributed by atoms with Gasteiger partial charge in [-0.1, -0.05) is 0 Å². The number of nitrogens with two attached hydrogens (primary N) is 1. The molecule has 312 valence electrons. The van der Waals surface area contributed by atoms with E-state index in [1.165, 1.54) is 0 Å². The largest absolute Gasteiger partial charge is 0.373 e. The number of likely N-dealkylation sites (tertiary alicyclic amines) is 1.